The van der Waals surface area contributed by atoms with Crippen molar-refractivity contribution in [2.45, 2.75) is 303 Å². The first-order valence-corrected chi connectivity index (χ1v) is 33.3. The van der Waals surface area contributed by atoms with Crippen LogP contribution in [0, 0.1) is 0 Å². The van der Waals surface area contributed by atoms with Crippen molar-refractivity contribution in [3.05, 3.63) is 72.9 Å². The molecule has 2 N–H and O–H groups in total. The molecule has 452 valence electrons. The van der Waals surface area contributed by atoms with E-state index in [9.17, 15) is 28.9 Å². The molecule has 0 radical (unpaired) electrons. The maximum atomic E-state index is 12.9. The van der Waals surface area contributed by atoms with Crippen LogP contribution in [0.2, 0.25) is 0 Å². The van der Waals surface area contributed by atoms with Crippen LogP contribution < -0.4 is 0 Å². The summed E-state index contributed by atoms with van der Waals surface area (Å²) in [6.07, 6.45) is 68.5. The molecule has 0 bridgehead atoms. The fourth-order valence-corrected chi connectivity index (χ4v) is 9.53. The lowest BCUT2D eigenvalue weighted by molar-refractivity contribution is -0.161. The Kier molecular flexibility index (Phi) is 57.7. The number of carbonyl (C=O) groups excluding carboxylic acids is 3. The fourth-order valence-electron chi connectivity index (χ4n) is 8.75. The minimum atomic E-state index is -4.76. The normalized spacial score (nSPS) is 13.8. The summed E-state index contributed by atoms with van der Waals surface area (Å²) in [5.41, 5.74) is 0. The zero-order valence-corrected chi connectivity index (χ0v) is 51.0. The summed E-state index contributed by atoms with van der Waals surface area (Å²) in [4.78, 5) is 48.7. The van der Waals surface area contributed by atoms with E-state index in [2.05, 4.69) is 93.7 Å². The number of phosphoric ester groups is 1. The molecule has 0 saturated carbocycles. The Morgan fingerprint density at radius 1 is 0.372 bits per heavy atom. The van der Waals surface area contributed by atoms with Gasteiger partial charge in [0.25, 0.3) is 0 Å². The number of aliphatic hydroxyl groups is 1. The lowest BCUT2D eigenvalue weighted by atomic mass is 10.1. The number of hydrogen-bond acceptors (Lipinski definition) is 10. The summed E-state index contributed by atoms with van der Waals surface area (Å²) in [6.45, 7) is 4.52. The van der Waals surface area contributed by atoms with Gasteiger partial charge < -0.3 is 24.2 Å². The highest BCUT2D eigenvalue weighted by Gasteiger charge is 2.28. The van der Waals surface area contributed by atoms with E-state index in [1.54, 1.807) is 0 Å². The molecule has 0 aliphatic heterocycles. The number of aliphatic hydroxyl groups excluding tert-OH is 1. The van der Waals surface area contributed by atoms with Crippen molar-refractivity contribution >= 4 is 25.7 Å². The van der Waals surface area contributed by atoms with Gasteiger partial charge in [-0.3, -0.25) is 23.4 Å². The van der Waals surface area contributed by atoms with Crippen LogP contribution in [0.15, 0.2) is 72.9 Å². The number of esters is 3. The minimum absolute atomic E-state index is 0.138. The number of unbranched alkanes of at least 4 members (excludes halogenated alkanes) is 30. The topological polar surface area (TPSA) is 155 Å². The van der Waals surface area contributed by atoms with E-state index in [0.29, 0.717) is 19.3 Å². The number of phosphoric acid groups is 1. The molecule has 0 heterocycles. The molecule has 0 aliphatic carbocycles. The number of carbonyl (C=O) groups is 3. The van der Waals surface area contributed by atoms with Crippen molar-refractivity contribution in [1.29, 1.82) is 0 Å². The molecule has 0 saturated heterocycles. The lowest BCUT2D eigenvalue weighted by Gasteiger charge is -2.21. The first-order valence-electron chi connectivity index (χ1n) is 31.8. The maximum absolute atomic E-state index is 12.9. The summed E-state index contributed by atoms with van der Waals surface area (Å²) in [7, 11) is -4.76. The van der Waals surface area contributed by atoms with Crippen molar-refractivity contribution in [2.24, 2.45) is 0 Å². The second-order valence-electron chi connectivity index (χ2n) is 21.2. The van der Waals surface area contributed by atoms with Gasteiger partial charge in [-0.2, -0.15) is 0 Å². The van der Waals surface area contributed by atoms with Crippen molar-refractivity contribution in [2.75, 3.05) is 26.4 Å². The third kappa shape index (κ3) is 57.6. The average Bonchev–Trinajstić information content (AvgIpc) is 3.43. The average molecular weight is 1120 g/mol. The van der Waals surface area contributed by atoms with Crippen LogP contribution in [0.5, 0.6) is 0 Å². The minimum Gasteiger partial charge on any atom is -0.462 e. The lowest BCUT2D eigenvalue weighted by Crippen LogP contribution is -2.30. The van der Waals surface area contributed by atoms with Gasteiger partial charge in [0.15, 0.2) is 6.10 Å². The molecule has 0 aromatic rings. The summed E-state index contributed by atoms with van der Waals surface area (Å²) in [5, 5.41) is 9.85. The maximum Gasteiger partial charge on any atom is 0.472 e. The second-order valence-corrected chi connectivity index (χ2v) is 22.6. The quantitative estimate of drug-likeness (QED) is 0.0197. The third-order valence-corrected chi connectivity index (χ3v) is 14.5. The molecule has 3 unspecified atom stereocenters. The van der Waals surface area contributed by atoms with Crippen molar-refractivity contribution in [3.8, 4) is 0 Å². The van der Waals surface area contributed by atoms with Crippen LogP contribution in [0.3, 0.4) is 0 Å². The van der Waals surface area contributed by atoms with Gasteiger partial charge in [-0.25, -0.2) is 4.57 Å². The Morgan fingerprint density at radius 2 is 0.667 bits per heavy atom. The highest BCUT2D eigenvalue weighted by atomic mass is 31.2. The number of ether oxygens (including phenoxy) is 3. The predicted octanol–water partition coefficient (Wildman–Crippen LogP) is 19.3. The Balaban J connectivity index is 4.73. The molecule has 0 aromatic carbocycles. The Morgan fingerprint density at radius 3 is 1.04 bits per heavy atom. The highest BCUT2D eigenvalue weighted by molar-refractivity contribution is 7.47. The van der Waals surface area contributed by atoms with Crippen molar-refractivity contribution in [1.82, 2.24) is 0 Å². The molecule has 0 fully saturated rings. The molecule has 3 atom stereocenters. The number of allylic oxidation sites excluding steroid dienone is 12. The van der Waals surface area contributed by atoms with Crippen LogP contribution in [0.1, 0.15) is 290 Å². The zero-order valence-electron chi connectivity index (χ0n) is 50.1. The predicted molar refractivity (Wildman–Crippen MR) is 325 cm³/mol. The first kappa shape index (κ1) is 74.9. The van der Waals surface area contributed by atoms with Gasteiger partial charge in [0.2, 0.25) is 0 Å². The molecular formula is C66H117O11P. The van der Waals surface area contributed by atoms with E-state index in [4.69, 9.17) is 23.3 Å². The molecule has 12 heteroatoms. The van der Waals surface area contributed by atoms with Crippen LogP contribution in [-0.2, 0) is 42.2 Å². The Bertz CT molecular complexity index is 1590. The molecule has 0 aromatic heterocycles. The summed E-state index contributed by atoms with van der Waals surface area (Å²) >= 11 is 0. The molecule has 0 amide bonds. The summed E-state index contributed by atoms with van der Waals surface area (Å²) in [6, 6.07) is 0. The molecular weight excluding hydrogens is 1000 g/mol. The van der Waals surface area contributed by atoms with Crippen LogP contribution in [0.4, 0.5) is 0 Å². The smallest absolute Gasteiger partial charge is 0.462 e. The van der Waals surface area contributed by atoms with Gasteiger partial charge in [0, 0.05) is 19.3 Å². The van der Waals surface area contributed by atoms with Crippen molar-refractivity contribution < 1.29 is 52.2 Å². The van der Waals surface area contributed by atoms with E-state index in [0.717, 1.165) is 103 Å². The summed E-state index contributed by atoms with van der Waals surface area (Å²) in [5.74, 6) is -1.49. The standard InChI is InChI=1S/C66H117O11P/c1-4-7-10-13-16-19-22-25-28-31-34-37-40-43-46-49-52-55-64(68)73-59-63(77-66(70)57-54-51-48-45-42-39-36-33-30-27-24-21-18-15-12-9-6-3)61-75-78(71,72)74-60-62(58-67)76-65(69)56-53-50-47-44-41-38-35-32-29-26-23-20-17-14-11-8-5-2/h9,12,18,21,25-30,36,39,62-63,67H,4-8,10-11,13-17,19-20,22-24,31-35,37-38,40-61H2,1-3H3,(H,71,72)/b12-9-,21-18-,28-25-,29-26-,30-27-,39-36-. The molecule has 0 spiro atoms. The summed E-state index contributed by atoms with van der Waals surface area (Å²) < 4.78 is 39.6. The van der Waals surface area contributed by atoms with Crippen molar-refractivity contribution in [3.63, 3.8) is 0 Å². The van der Waals surface area contributed by atoms with E-state index in [1.807, 2.05) is 0 Å². The number of rotatable bonds is 59. The zero-order chi connectivity index (χ0) is 56.9. The first-order chi connectivity index (χ1) is 38.2. The Labute approximate surface area is 478 Å². The SMILES string of the molecule is CC/C=C\C/C=C\C/C=C\C/C=C\CCCCCCC(=O)OC(COC(=O)CCCCCCCCC/C=C\CCCCCCCC)COP(=O)(O)OCC(CO)OC(=O)CCCCCCCCC/C=C\CCCCCCCC. The van der Waals surface area contributed by atoms with Gasteiger partial charge in [0.1, 0.15) is 12.7 Å². The van der Waals surface area contributed by atoms with Gasteiger partial charge in [-0.1, -0.05) is 235 Å². The third-order valence-electron chi connectivity index (χ3n) is 13.6. The van der Waals surface area contributed by atoms with E-state index in [-0.39, 0.29) is 25.9 Å². The van der Waals surface area contributed by atoms with E-state index < -0.39 is 57.8 Å². The van der Waals surface area contributed by atoms with Gasteiger partial charge >= 0.3 is 25.7 Å². The molecule has 78 heavy (non-hydrogen) atoms. The van der Waals surface area contributed by atoms with Crippen LogP contribution >= 0.6 is 7.82 Å². The van der Waals surface area contributed by atoms with E-state index in [1.165, 1.54) is 128 Å². The van der Waals surface area contributed by atoms with Crippen LogP contribution in [0.25, 0.3) is 0 Å². The largest absolute Gasteiger partial charge is 0.472 e. The number of hydrogen-bond donors (Lipinski definition) is 2. The van der Waals surface area contributed by atoms with Gasteiger partial charge in [-0.15, -0.1) is 0 Å². The molecule has 0 aliphatic rings. The van der Waals surface area contributed by atoms with Gasteiger partial charge in [0.05, 0.1) is 19.8 Å². The molecule has 11 nitrogen and oxygen atoms in total. The second kappa shape index (κ2) is 60.0. The van der Waals surface area contributed by atoms with E-state index >= 15 is 0 Å². The highest BCUT2D eigenvalue weighted by Crippen LogP contribution is 2.43. The fraction of sp³-hybridized carbons (Fsp3) is 0.773. The van der Waals surface area contributed by atoms with Gasteiger partial charge in [-0.05, 0) is 109 Å². The monoisotopic (exact) mass is 1120 g/mol. The van der Waals surface area contributed by atoms with Crippen LogP contribution in [-0.4, -0.2) is 66.5 Å². The molecule has 0 rings (SSSR count). The Hall–Kier alpha value is -3.08.